The van der Waals surface area contributed by atoms with E-state index < -0.39 is 0 Å². The van der Waals surface area contributed by atoms with Gasteiger partial charge in [-0.05, 0) is 25.7 Å². The maximum absolute atomic E-state index is 11.7. The van der Waals surface area contributed by atoms with Gasteiger partial charge >= 0.3 is 6.09 Å². The molecule has 3 nitrogen and oxygen atoms in total. The van der Waals surface area contributed by atoms with Gasteiger partial charge in [0, 0.05) is 6.54 Å². The summed E-state index contributed by atoms with van der Waals surface area (Å²) in [6, 6.07) is 0. The smallest absolute Gasteiger partial charge is 0.407 e. The highest BCUT2D eigenvalue weighted by Gasteiger charge is 2.14. The van der Waals surface area contributed by atoms with Gasteiger partial charge in [0.25, 0.3) is 0 Å². The van der Waals surface area contributed by atoms with E-state index in [4.69, 9.17) is 4.74 Å². The standard InChI is InChI=1S/C19H39NO2/c1-5-8-10-11-12-13-15-20-19(21)22-17(4)16-18(7-3)14-9-6-2/h17-18H,5-16H2,1-4H3,(H,20,21). The van der Waals surface area contributed by atoms with E-state index in [1.54, 1.807) is 0 Å². The number of carbonyl (C=O) groups excluding carboxylic acids is 1. The highest BCUT2D eigenvalue weighted by Crippen LogP contribution is 2.19. The van der Waals surface area contributed by atoms with Crippen LogP contribution in [0.15, 0.2) is 0 Å². The molecule has 0 aromatic carbocycles. The molecule has 2 unspecified atom stereocenters. The Morgan fingerprint density at radius 3 is 2.23 bits per heavy atom. The zero-order valence-electron chi connectivity index (χ0n) is 15.5. The van der Waals surface area contributed by atoms with E-state index in [9.17, 15) is 4.79 Å². The van der Waals surface area contributed by atoms with Gasteiger partial charge in [0.1, 0.15) is 6.10 Å². The molecule has 0 aromatic rings. The van der Waals surface area contributed by atoms with Crippen molar-refractivity contribution < 1.29 is 9.53 Å². The molecule has 0 saturated heterocycles. The summed E-state index contributed by atoms with van der Waals surface area (Å²) in [5, 5.41) is 2.88. The van der Waals surface area contributed by atoms with Gasteiger partial charge in [0.2, 0.25) is 0 Å². The quantitative estimate of drug-likeness (QED) is 0.395. The van der Waals surface area contributed by atoms with Crippen LogP contribution in [0.2, 0.25) is 0 Å². The molecule has 1 N–H and O–H groups in total. The van der Waals surface area contributed by atoms with Gasteiger partial charge in [0.05, 0.1) is 0 Å². The number of rotatable bonds is 14. The minimum atomic E-state index is -0.244. The second kappa shape index (κ2) is 15.2. The molecule has 132 valence electrons. The molecule has 0 aliphatic carbocycles. The molecule has 2 atom stereocenters. The van der Waals surface area contributed by atoms with Gasteiger partial charge in [0.15, 0.2) is 0 Å². The highest BCUT2D eigenvalue weighted by molar-refractivity contribution is 5.67. The van der Waals surface area contributed by atoms with Crippen LogP contribution in [0, 0.1) is 5.92 Å². The molecule has 0 heterocycles. The maximum atomic E-state index is 11.7. The van der Waals surface area contributed by atoms with Crippen LogP contribution in [0.4, 0.5) is 4.79 Å². The average Bonchev–Trinajstić information content (AvgIpc) is 2.50. The van der Waals surface area contributed by atoms with E-state index in [0.29, 0.717) is 5.92 Å². The van der Waals surface area contributed by atoms with Crippen molar-refractivity contribution in [1.29, 1.82) is 0 Å². The minimum Gasteiger partial charge on any atom is -0.447 e. The van der Waals surface area contributed by atoms with Gasteiger partial charge in [-0.3, -0.25) is 0 Å². The molecule has 22 heavy (non-hydrogen) atoms. The Labute approximate surface area is 138 Å². The highest BCUT2D eigenvalue weighted by atomic mass is 16.6. The first-order valence-corrected chi connectivity index (χ1v) is 9.58. The van der Waals surface area contributed by atoms with E-state index in [1.807, 2.05) is 6.92 Å². The number of ether oxygens (including phenoxy) is 1. The summed E-state index contributed by atoms with van der Waals surface area (Å²) in [4.78, 5) is 11.7. The summed E-state index contributed by atoms with van der Waals surface area (Å²) in [6.45, 7) is 9.43. The molecule has 0 aromatic heterocycles. The Kier molecular flexibility index (Phi) is 14.7. The van der Waals surface area contributed by atoms with E-state index in [0.717, 1.165) is 19.4 Å². The van der Waals surface area contributed by atoms with Gasteiger partial charge < -0.3 is 10.1 Å². The van der Waals surface area contributed by atoms with Gasteiger partial charge in [-0.2, -0.15) is 0 Å². The van der Waals surface area contributed by atoms with Crippen LogP contribution < -0.4 is 5.32 Å². The second-order valence-corrected chi connectivity index (χ2v) is 6.56. The summed E-state index contributed by atoms with van der Waals surface area (Å²) in [5.74, 6) is 0.682. The third-order valence-electron chi connectivity index (χ3n) is 4.32. The predicted octanol–water partition coefficient (Wildman–Crippen LogP) is 6.07. The molecular formula is C19H39NO2. The third-order valence-corrected chi connectivity index (χ3v) is 4.32. The second-order valence-electron chi connectivity index (χ2n) is 6.56. The Morgan fingerprint density at radius 1 is 0.955 bits per heavy atom. The molecular weight excluding hydrogens is 274 g/mol. The first-order valence-electron chi connectivity index (χ1n) is 9.58. The van der Waals surface area contributed by atoms with Crippen molar-refractivity contribution in [3.05, 3.63) is 0 Å². The SMILES string of the molecule is CCCCCCCCNC(=O)OC(C)CC(CC)CCCC. The number of hydrogen-bond donors (Lipinski definition) is 1. The van der Waals surface area contributed by atoms with E-state index >= 15 is 0 Å². The first-order chi connectivity index (χ1) is 10.6. The Morgan fingerprint density at radius 2 is 1.59 bits per heavy atom. The number of amides is 1. The monoisotopic (exact) mass is 313 g/mol. The number of unbranched alkanes of at least 4 members (excludes halogenated alkanes) is 6. The molecule has 0 fully saturated rings. The number of hydrogen-bond acceptors (Lipinski definition) is 2. The van der Waals surface area contributed by atoms with Crippen LogP contribution in [0.25, 0.3) is 0 Å². The normalized spacial score (nSPS) is 13.6. The van der Waals surface area contributed by atoms with E-state index in [2.05, 4.69) is 26.1 Å². The van der Waals surface area contributed by atoms with Crippen molar-refractivity contribution in [3.63, 3.8) is 0 Å². The van der Waals surface area contributed by atoms with Gasteiger partial charge in [-0.1, -0.05) is 78.6 Å². The fourth-order valence-electron chi connectivity index (χ4n) is 2.82. The summed E-state index contributed by atoms with van der Waals surface area (Å²) in [5.41, 5.74) is 0. The fourth-order valence-corrected chi connectivity index (χ4v) is 2.82. The lowest BCUT2D eigenvalue weighted by atomic mass is 9.93. The molecule has 0 aliphatic heterocycles. The molecule has 3 heteroatoms. The zero-order chi connectivity index (χ0) is 16.6. The molecule has 0 spiro atoms. The lowest BCUT2D eigenvalue weighted by molar-refractivity contribution is 0.0904. The number of alkyl carbamates (subject to hydrolysis) is 1. The summed E-state index contributed by atoms with van der Waals surface area (Å²) >= 11 is 0. The fraction of sp³-hybridized carbons (Fsp3) is 0.947. The molecule has 1 amide bonds. The summed E-state index contributed by atoms with van der Waals surface area (Å²) < 4.78 is 5.46. The lowest BCUT2D eigenvalue weighted by Gasteiger charge is -2.20. The van der Waals surface area contributed by atoms with Gasteiger partial charge in [-0.15, -0.1) is 0 Å². The maximum Gasteiger partial charge on any atom is 0.407 e. The Hall–Kier alpha value is -0.730. The summed E-state index contributed by atoms with van der Waals surface area (Å²) in [6.07, 6.45) is 13.1. The average molecular weight is 314 g/mol. The zero-order valence-corrected chi connectivity index (χ0v) is 15.5. The third kappa shape index (κ3) is 13.0. The van der Waals surface area contributed by atoms with Crippen LogP contribution >= 0.6 is 0 Å². The number of carbonyl (C=O) groups is 1. The van der Waals surface area contributed by atoms with Crippen LogP contribution in [0.5, 0.6) is 0 Å². The van der Waals surface area contributed by atoms with Crippen LogP contribution in [0.3, 0.4) is 0 Å². The Balaban J connectivity index is 3.63. The van der Waals surface area contributed by atoms with E-state index in [-0.39, 0.29) is 12.2 Å². The lowest BCUT2D eigenvalue weighted by Crippen LogP contribution is -2.29. The molecule has 0 bridgehead atoms. The van der Waals surface area contributed by atoms with Crippen molar-refractivity contribution in [2.75, 3.05) is 6.54 Å². The molecule has 0 saturated carbocycles. The van der Waals surface area contributed by atoms with Crippen molar-refractivity contribution in [2.45, 2.75) is 104 Å². The molecule has 0 rings (SSSR count). The predicted molar refractivity (Wildman–Crippen MR) is 95.2 cm³/mol. The molecule has 0 aliphatic rings. The van der Waals surface area contributed by atoms with Crippen molar-refractivity contribution in [1.82, 2.24) is 5.32 Å². The van der Waals surface area contributed by atoms with Crippen molar-refractivity contribution in [3.8, 4) is 0 Å². The van der Waals surface area contributed by atoms with Crippen LogP contribution in [-0.4, -0.2) is 18.7 Å². The van der Waals surface area contributed by atoms with Crippen molar-refractivity contribution in [2.24, 2.45) is 5.92 Å². The summed E-state index contributed by atoms with van der Waals surface area (Å²) in [7, 11) is 0. The van der Waals surface area contributed by atoms with Crippen LogP contribution in [0.1, 0.15) is 98.3 Å². The minimum absolute atomic E-state index is 0.0198. The topological polar surface area (TPSA) is 38.3 Å². The number of nitrogens with one attached hydrogen (secondary N) is 1. The van der Waals surface area contributed by atoms with E-state index in [1.165, 1.54) is 57.8 Å². The van der Waals surface area contributed by atoms with Crippen molar-refractivity contribution >= 4 is 6.09 Å². The first kappa shape index (κ1) is 21.3. The Bertz CT molecular complexity index is 256. The van der Waals surface area contributed by atoms with Crippen LogP contribution in [-0.2, 0) is 4.74 Å². The largest absolute Gasteiger partial charge is 0.447 e. The van der Waals surface area contributed by atoms with Gasteiger partial charge in [-0.25, -0.2) is 4.79 Å². The molecule has 0 radical (unpaired) electrons.